The van der Waals surface area contributed by atoms with Crippen molar-refractivity contribution in [2.24, 2.45) is 5.73 Å². The zero-order chi connectivity index (χ0) is 20.8. The first kappa shape index (κ1) is 20.2. The second-order valence-corrected chi connectivity index (χ2v) is 7.00. The highest BCUT2D eigenvalue weighted by Crippen LogP contribution is 2.36. The summed E-state index contributed by atoms with van der Waals surface area (Å²) < 4.78 is 6.74. The van der Waals surface area contributed by atoms with Gasteiger partial charge in [0, 0.05) is 17.0 Å². The van der Waals surface area contributed by atoms with E-state index in [0.717, 1.165) is 5.56 Å². The van der Waals surface area contributed by atoms with Crippen LogP contribution in [0.3, 0.4) is 0 Å². The van der Waals surface area contributed by atoms with Gasteiger partial charge in [0.15, 0.2) is 12.4 Å². The smallest absolute Gasteiger partial charge is 0.341 e. The van der Waals surface area contributed by atoms with Crippen LogP contribution in [0.15, 0.2) is 60.2 Å². The molecule has 3 aromatic rings. The van der Waals surface area contributed by atoms with Crippen LogP contribution in [0.4, 0.5) is 5.00 Å². The third-order valence-corrected chi connectivity index (χ3v) is 4.97. The summed E-state index contributed by atoms with van der Waals surface area (Å²) in [6.45, 7) is 1.92. The Bertz CT molecular complexity index is 1050. The van der Waals surface area contributed by atoms with Crippen molar-refractivity contribution in [1.29, 1.82) is 0 Å². The third-order valence-electron chi connectivity index (χ3n) is 4.08. The molecule has 2 amide bonds. The summed E-state index contributed by atoms with van der Waals surface area (Å²) in [7, 11) is 0. The molecule has 0 saturated heterocycles. The fourth-order valence-electron chi connectivity index (χ4n) is 2.78. The molecule has 0 atom stereocenters. The lowest BCUT2D eigenvalue weighted by Gasteiger charge is -2.08. The van der Waals surface area contributed by atoms with E-state index in [2.05, 4.69) is 5.32 Å². The lowest BCUT2D eigenvalue weighted by Crippen LogP contribution is -2.40. The number of nitrogens with one attached hydrogen (secondary N) is 1. The topological polar surface area (TPSA) is 102 Å². The molecule has 7 nitrogen and oxygen atoms in total. The van der Waals surface area contributed by atoms with Gasteiger partial charge in [-0.05, 0) is 18.6 Å². The highest BCUT2D eigenvalue weighted by molar-refractivity contribution is 7.15. The molecular formula is C21H20N3O4S+. The van der Waals surface area contributed by atoms with Gasteiger partial charge in [-0.15, -0.1) is 11.3 Å². The molecule has 3 rings (SSSR count). The minimum atomic E-state index is -0.574. The Balaban J connectivity index is 1.86. The van der Waals surface area contributed by atoms with Crippen LogP contribution in [0.25, 0.3) is 11.1 Å². The molecule has 1 aromatic carbocycles. The predicted octanol–water partition coefficient (Wildman–Crippen LogP) is 2.62. The second-order valence-electron chi connectivity index (χ2n) is 6.12. The predicted molar refractivity (Wildman–Crippen MR) is 109 cm³/mol. The number of amides is 2. The van der Waals surface area contributed by atoms with Gasteiger partial charge < -0.3 is 15.8 Å². The van der Waals surface area contributed by atoms with E-state index in [4.69, 9.17) is 10.5 Å². The first-order valence-electron chi connectivity index (χ1n) is 8.92. The summed E-state index contributed by atoms with van der Waals surface area (Å²) in [5.41, 5.74) is 7.46. The first-order chi connectivity index (χ1) is 14.0. The first-order valence-corrected chi connectivity index (χ1v) is 9.80. The second kappa shape index (κ2) is 9.11. The van der Waals surface area contributed by atoms with Crippen molar-refractivity contribution in [1.82, 2.24) is 0 Å². The van der Waals surface area contributed by atoms with Crippen molar-refractivity contribution in [2.45, 2.75) is 13.5 Å². The van der Waals surface area contributed by atoms with E-state index in [-0.39, 0.29) is 19.1 Å². The van der Waals surface area contributed by atoms with Gasteiger partial charge in [0.05, 0.1) is 6.61 Å². The van der Waals surface area contributed by atoms with E-state index >= 15 is 0 Å². The molecule has 148 valence electrons. The normalized spacial score (nSPS) is 10.4. The molecule has 0 aliphatic carbocycles. The van der Waals surface area contributed by atoms with E-state index in [1.165, 1.54) is 17.5 Å². The molecule has 3 N–H and O–H groups in total. The molecule has 0 bridgehead atoms. The standard InChI is InChI=1S/C21H19N3O4S/c1-2-28-21(27)18-16(14-7-4-3-5-8-14)13-29-20(18)23-17(25)12-24-10-6-9-15(11-24)19(22)26/h3-11,13H,2,12H2,1H3,(H2-,22,23,25,26,27)/p+1. The molecule has 2 aromatic heterocycles. The number of rotatable bonds is 7. The minimum absolute atomic E-state index is 0.0397. The van der Waals surface area contributed by atoms with Crippen LogP contribution >= 0.6 is 11.3 Å². The van der Waals surface area contributed by atoms with Gasteiger partial charge >= 0.3 is 5.97 Å². The van der Waals surface area contributed by atoms with Crippen LogP contribution in [0.5, 0.6) is 0 Å². The Morgan fingerprint density at radius 1 is 1.14 bits per heavy atom. The molecule has 8 heteroatoms. The third kappa shape index (κ3) is 4.85. The van der Waals surface area contributed by atoms with Gasteiger partial charge in [-0.3, -0.25) is 9.59 Å². The van der Waals surface area contributed by atoms with Gasteiger partial charge in [0.1, 0.15) is 16.1 Å². The minimum Gasteiger partial charge on any atom is -0.462 e. The van der Waals surface area contributed by atoms with Gasteiger partial charge in [-0.2, -0.15) is 4.57 Å². The number of hydrogen-bond acceptors (Lipinski definition) is 5. The summed E-state index contributed by atoms with van der Waals surface area (Å²) >= 11 is 1.26. The number of pyridine rings is 1. The highest BCUT2D eigenvalue weighted by Gasteiger charge is 2.23. The van der Waals surface area contributed by atoms with Gasteiger partial charge in [0.25, 0.3) is 11.8 Å². The maximum atomic E-state index is 12.6. The van der Waals surface area contributed by atoms with Gasteiger partial charge in [-0.1, -0.05) is 30.3 Å². The van der Waals surface area contributed by atoms with Crippen LogP contribution in [0.1, 0.15) is 27.6 Å². The SMILES string of the molecule is CCOC(=O)c1c(-c2ccccc2)csc1NC(=O)C[n+]1cccc(C(N)=O)c1. The number of thiophene rings is 1. The van der Waals surface area contributed by atoms with Crippen LogP contribution in [0, 0.1) is 0 Å². The Kier molecular flexibility index (Phi) is 6.36. The number of primary amides is 1. The number of nitrogens with two attached hydrogens (primary N) is 1. The summed E-state index contributed by atoms with van der Waals surface area (Å²) in [4.78, 5) is 36.4. The van der Waals surface area contributed by atoms with Crippen molar-refractivity contribution < 1.29 is 23.7 Å². The van der Waals surface area contributed by atoms with E-state index in [1.807, 2.05) is 35.7 Å². The molecule has 0 fully saturated rings. The summed E-state index contributed by atoms with van der Waals surface area (Å²) in [6, 6.07) is 12.6. The zero-order valence-corrected chi connectivity index (χ0v) is 16.6. The van der Waals surface area contributed by atoms with Gasteiger partial charge in [-0.25, -0.2) is 4.79 Å². The number of benzene rings is 1. The molecule has 0 unspecified atom stereocenters. The quantitative estimate of drug-likeness (QED) is 0.462. The zero-order valence-electron chi connectivity index (χ0n) is 15.8. The summed E-state index contributed by atoms with van der Waals surface area (Å²) in [5.74, 6) is -1.41. The maximum Gasteiger partial charge on any atom is 0.341 e. The summed E-state index contributed by atoms with van der Waals surface area (Å²) in [6.07, 6.45) is 3.15. The van der Waals surface area contributed by atoms with Crippen LogP contribution in [-0.4, -0.2) is 24.4 Å². The fraction of sp³-hybridized carbons (Fsp3) is 0.143. The molecular weight excluding hydrogens is 390 g/mol. The number of carbonyl (C=O) groups is 3. The lowest BCUT2D eigenvalue weighted by molar-refractivity contribution is -0.684. The number of ether oxygens (including phenoxy) is 1. The van der Waals surface area contributed by atoms with E-state index in [0.29, 0.717) is 21.7 Å². The number of anilines is 1. The summed E-state index contributed by atoms with van der Waals surface area (Å²) in [5, 5.41) is 5.01. The van der Waals surface area contributed by atoms with Crippen molar-refractivity contribution in [3.63, 3.8) is 0 Å². The van der Waals surface area contributed by atoms with Gasteiger partial charge in [0.2, 0.25) is 6.54 Å². The van der Waals surface area contributed by atoms with Crippen LogP contribution in [-0.2, 0) is 16.1 Å². The molecule has 2 heterocycles. The van der Waals surface area contributed by atoms with E-state index in [9.17, 15) is 14.4 Å². The number of carbonyl (C=O) groups excluding carboxylic acids is 3. The van der Waals surface area contributed by atoms with Crippen LogP contribution in [0.2, 0.25) is 0 Å². The maximum absolute atomic E-state index is 12.6. The average Bonchev–Trinajstić information content (AvgIpc) is 3.12. The van der Waals surface area contributed by atoms with Crippen molar-refractivity contribution in [2.75, 3.05) is 11.9 Å². The Morgan fingerprint density at radius 3 is 2.59 bits per heavy atom. The monoisotopic (exact) mass is 410 g/mol. The Morgan fingerprint density at radius 2 is 1.90 bits per heavy atom. The lowest BCUT2D eigenvalue weighted by atomic mass is 10.0. The Labute approximate surface area is 171 Å². The van der Waals surface area contributed by atoms with Crippen molar-refractivity contribution in [3.05, 3.63) is 71.4 Å². The van der Waals surface area contributed by atoms with E-state index < -0.39 is 11.9 Å². The van der Waals surface area contributed by atoms with Crippen LogP contribution < -0.4 is 15.6 Å². The fourth-order valence-corrected chi connectivity index (χ4v) is 3.76. The van der Waals surface area contributed by atoms with Crippen molar-refractivity contribution >= 4 is 34.1 Å². The molecule has 29 heavy (non-hydrogen) atoms. The molecule has 0 aliphatic rings. The number of hydrogen-bond donors (Lipinski definition) is 2. The number of aromatic nitrogens is 1. The molecule has 0 radical (unpaired) electrons. The van der Waals surface area contributed by atoms with Crippen molar-refractivity contribution in [3.8, 4) is 11.1 Å². The molecule has 0 saturated carbocycles. The number of esters is 1. The largest absolute Gasteiger partial charge is 0.462 e. The Hall–Kier alpha value is -3.52. The number of nitrogens with zero attached hydrogens (tertiary/aromatic N) is 1. The molecule has 0 spiro atoms. The molecule has 0 aliphatic heterocycles. The van der Waals surface area contributed by atoms with E-state index in [1.54, 1.807) is 29.8 Å². The highest BCUT2D eigenvalue weighted by atomic mass is 32.1. The average molecular weight is 410 g/mol.